The van der Waals surface area contributed by atoms with E-state index in [1.54, 1.807) is 6.07 Å². The van der Waals surface area contributed by atoms with Gasteiger partial charge in [0.1, 0.15) is 12.4 Å². The summed E-state index contributed by atoms with van der Waals surface area (Å²) in [6, 6.07) is 2.01. The molecule has 2 rings (SSSR count). The quantitative estimate of drug-likeness (QED) is 0.853. The molecule has 0 aromatic carbocycles. The molecule has 3 nitrogen and oxygen atoms in total. The van der Waals surface area contributed by atoms with Gasteiger partial charge in [0.05, 0.1) is 10.7 Å². The van der Waals surface area contributed by atoms with E-state index in [4.69, 9.17) is 4.74 Å². The van der Waals surface area contributed by atoms with Gasteiger partial charge in [0.15, 0.2) is 0 Å². The van der Waals surface area contributed by atoms with Crippen LogP contribution in [0, 0.1) is 5.95 Å². The minimum Gasteiger partial charge on any atom is -0.490 e. The van der Waals surface area contributed by atoms with E-state index in [2.05, 4.69) is 26.2 Å². The third-order valence-electron chi connectivity index (χ3n) is 2.38. The predicted molar refractivity (Wildman–Crippen MR) is 72.9 cm³/mol. The van der Waals surface area contributed by atoms with E-state index in [9.17, 15) is 4.39 Å². The molecule has 1 aromatic heterocycles. The number of ether oxygens (including phenoxy) is 1. The van der Waals surface area contributed by atoms with E-state index in [-0.39, 0.29) is 24.8 Å². The Morgan fingerprint density at radius 2 is 2.29 bits per heavy atom. The van der Waals surface area contributed by atoms with Crippen molar-refractivity contribution in [3.05, 3.63) is 22.7 Å². The standard InChI is InChI=1S/C10H12BrFN2O.2ClH/c11-9-4-8(5-14-10(9)12)15-6-7-2-1-3-13-7;;/h4-5,7,13H,1-3,6H2;2*1H/t7-;;/m0../s1. The van der Waals surface area contributed by atoms with Gasteiger partial charge in [-0.25, -0.2) is 4.98 Å². The predicted octanol–water partition coefficient (Wildman–Crippen LogP) is 2.96. The Balaban J connectivity index is 0.00000128. The molecular weight excluding hydrogens is 334 g/mol. The van der Waals surface area contributed by atoms with Gasteiger partial charge < -0.3 is 10.1 Å². The lowest BCUT2D eigenvalue weighted by Gasteiger charge is -2.11. The van der Waals surface area contributed by atoms with Crippen molar-refractivity contribution in [2.75, 3.05) is 13.2 Å². The zero-order valence-electron chi connectivity index (χ0n) is 8.99. The number of hydrogen-bond acceptors (Lipinski definition) is 3. The smallest absolute Gasteiger partial charge is 0.227 e. The molecule has 2 heterocycles. The van der Waals surface area contributed by atoms with E-state index in [0.717, 1.165) is 13.0 Å². The third-order valence-corrected chi connectivity index (χ3v) is 2.94. The minimum atomic E-state index is -0.513. The first-order valence-electron chi connectivity index (χ1n) is 4.93. The molecule has 0 radical (unpaired) electrons. The van der Waals surface area contributed by atoms with Crippen LogP contribution in [0.25, 0.3) is 0 Å². The summed E-state index contributed by atoms with van der Waals surface area (Å²) in [6.07, 6.45) is 3.73. The van der Waals surface area contributed by atoms with Crippen LogP contribution in [0.15, 0.2) is 16.7 Å². The second-order valence-electron chi connectivity index (χ2n) is 3.55. The molecule has 0 amide bonds. The molecule has 1 aliphatic heterocycles. The maximum absolute atomic E-state index is 12.8. The lowest BCUT2D eigenvalue weighted by Crippen LogP contribution is -2.28. The SMILES string of the molecule is Cl.Cl.Fc1ncc(OC[C@@H]2CCCN2)cc1Br. The van der Waals surface area contributed by atoms with Gasteiger partial charge in [-0.2, -0.15) is 4.39 Å². The number of aromatic nitrogens is 1. The largest absolute Gasteiger partial charge is 0.490 e. The first-order chi connectivity index (χ1) is 7.25. The van der Waals surface area contributed by atoms with Crippen LogP contribution >= 0.6 is 40.7 Å². The van der Waals surface area contributed by atoms with Crippen LogP contribution in [0.4, 0.5) is 4.39 Å². The number of pyridine rings is 1. The molecule has 1 aromatic rings. The van der Waals surface area contributed by atoms with Gasteiger partial charge in [0.25, 0.3) is 0 Å². The van der Waals surface area contributed by atoms with E-state index in [1.165, 1.54) is 12.6 Å². The summed E-state index contributed by atoms with van der Waals surface area (Å²) in [5.74, 6) is 0.0818. The lowest BCUT2D eigenvalue weighted by atomic mass is 10.2. The molecule has 98 valence electrons. The van der Waals surface area contributed by atoms with Crippen LogP contribution in [-0.4, -0.2) is 24.2 Å². The maximum atomic E-state index is 12.8. The third kappa shape index (κ3) is 4.95. The van der Waals surface area contributed by atoms with Crippen LogP contribution in [0.3, 0.4) is 0 Å². The summed E-state index contributed by atoms with van der Waals surface area (Å²) in [7, 11) is 0. The molecule has 0 spiro atoms. The second-order valence-corrected chi connectivity index (χ2v) is 4.40. The number of nitrogens with zero attached hydrogens (tertiary/aromatic N) is 1. The van der Waals surface area contributed by atoms with Gasteiger partial charge in [0.2, 0.25) is 5.95 Å². The van der Waals surface area contributed by atoms with Crippen molar-refractivity contribution in [1.82, 2.24) is 10.3 Å². The summed E-state index contributed by atoms with van der Waals surface area (Å²) >= 11 is 3.07. The fraction of sp³-hybridized carbons (Fsp3) is 0.500. The number of hydrogen-bond donors (Lipinski definition) is 1. The van der Waals surface area contributed by atoms with Gasteiger partial charge in [-0.1, -0.05) is 0 Å². The van der Waals surface area contributed by atoms with E-state index in [0.29, 0.717) is 22.9 Å². The molecule has 1 N–H and O–H groups in total. The van der Waals surface area contributed by atoms with Gasteiger partial charge in [-0.05, 0) is 35.3 Å². The van der Waals surface area contributed by atoms with E-state index < -0.39 is 5.95 Å². The summed E-state index contributed by atoms with van der Waals surface area (Å²) in [5, 5.41) is 3.32. The van der Waals surface area contributed by atoms with Gasteiger partial charge in [-0.15, -0.1) is 24.8 Å². The summed E-state index contributed by atoms with van der Waals surface area (Å²) in [5.41, 5.74) is 0. The maximum Gasteiger partial charge on any atom is 0.227 e. The Bertz CT molecular complexity index is 351. The number of nitrogens with one attached hydrogen (secondary N) is 1. The normalized spacial score (nSPS) is 18.1. The van der Waals surface area contributed by atoms with E-state index in [1.807, 2.05) is 0 Å². The topological polar surface area (TPSA) is 34.1 Å². The fourth-order valence-corrected chi connectivity index (χ4v) is 1.91. The molecule has 7 heteroatoms. The Hall–Kier alpha value is -0.100. The van der Waals surface area contributed by atoms with Crippen LogP contribution in [0.2, 0.25) is 0 Å². The van der Waals surface area contributed by atoms with Crippen LogP contribution < -0.4 is 10.1 Å². The second kappa shape index (κ2) is 8.08. The van der Waals surface area contributed by atoms with Gasteiger partial charge >= 0.3 is 0 Å². The number of halogens is 4. The molecule has 0 unspecified atom stereocenters. The van der Waals surface area contributed by atoms with Crippen molar-refractivity contribution in [2.45, 2.75) is 18.9 Å². The monoisotopic (exact) mass is 346 g/mol. The average Bonchev–Trinajstić information content (AvgIpc) is 2.73. The lowest BCUT2D eigenvalue weighted by molar-refractivity contribution is 0.275. The van der Waals surface area contributed by atoms with Crippen molar-refractivity contribution >= 4 is 40.7 Å². The molecule has 17 heavy (non-hydrogen) atoms. The summed E-state index contributed by atoms with van der Waals surface area (Å²) in [6.45, 7) is 1.67. The molecule has 1 aliphatic rings. The van der Waals surface area contributed by atoms with Crippen molar-refractivity contribution < 1.29 is 9.13 Å². The summed E-state index contributed by atoms with van der Waals surface area (Å²) in [4.78, 5) is 3.56. The average molecular weight is 348 g/mol. The highest BCUT2D eigenvalue weighted by atomic mass is 79.9. The molecule has 1 fully saturated rings. The highest BCUT2D eigenvalue weighted by molar-refractivity contribution is 9.10. The Labute approximate surface area is 120 Å². The Morgan fingerprint density at radius 1 is 1.53 bits per heavy atom. The molecular formula is C10H14BrCl2FN2O. The van der Waals surface area contributed by atoms with Crippen LogP contribution in [0.1, 0.15) is 12.8 Å². The van der Waals surface area contributed by atoms with Crippen molar-refractivity contribution in [1.29, 1.82) is 0 Å². The first kappa shape index (κ1) is 16.9. The van der Waals surface area contributed by atoms with Crippen molar-refractivity contribution in [3.63, 3.8) is 0 Å². The van der Waals surface area contributed by atoms with E-state index >= 15 is 0 Å². The molecule has 1 saturated heterocycles. The van der Waals surface area contributed by atoms with Gasteiger partial charge in [-0.3, -0.25) is 0 Å². The zero-order chi connectivity index (χ0) is 10.7. The van der Waals surface area contributed by atoms with Crippen molar-refractivity contribution in [3.8, 4) is 5.75 Å². The highest BCUT2D eigenvalue weighted by Crippen LogP contribution is 2.19. The van der Waals surface area contributed by atoms with Crippen LogP contribution in [0.5, 0.6) is 5.75 Å². The Morgan fingerprint density at radius 3 is 2.88 bits per heavy atom. The molecule has 0 bridgehead atoms. The minimum absolute atomic E-state index is 0. The number of rotatable bonds is 3. The molecule has 0 saturated carbocycles. The van der Waals surface area contributed by atoms with Crippen molar-refractivity contribution in [2.24, 2.45) is 0 Å². The fourth-order valence-electron chi connectivity index (χ4n) is 1.58. The molecule has 1 atom stereocenters. The van der Waals surface area contributed by atoms with Gasteiger partial charge in [0, 0.05) is 12.1 Å². The highest BCUT2D eigenvalue weighted by Gasteiger charge is 2.14. The Kier molecular flexibility index (Phi) is 8.03. The first-order valence-corrected chi connectivity index (χ1v) is 5.72. The summed E-state index contributed by atoms with van der Waals surface area (Å²) < 4.78 is 18.7. The van der Waals surface area contributed by atoms with Crippen LogP contribution in [-0.2, 0) is 0 Å². The zero-order valence-corrected chi connectivity index (χ0v) is 12.2. The molecule has 0 aliphatic carbocycles.